The summed E-state index contributed by atoms with van der Waals surface area (Å²) < 4.78 is 26.7. The van der Waals surface area contributed by atoms with E-state index in [-0.39, 0.29) is 62.9 Å². The van der Waals surface area contributed by atoms with Gasteiger partial charge in [0.25, 0.3) is 0 Å². The van der Waals surface area contributed by atoms with Crippen LogP contribution in [0, 0.1) is 23.7 Å². The molecule has 16 nitrogen and oxygen atoms in total. The van der Waals surface area contributed by atoms with Crippen molar-refractivity contribution in [3.8, 4) is 0 Å². The lowest BCUT2D eigenvalue weighted by Crippen LogP contribution is -2.47. The summed E-state index contributed by atoms with van der Waals surface area (Å²) in [7, 11) is 17.2. The van der Waals surface area contributed by atoms with Crippen LogP contribution in [0.15, 0.2) is 121 Å². The highest BCUT2D eigenvalue weighted by Crippen LogP contribution is 2.45. The summed E-state index contributed by atoms with van der Waals surface area (Å²) in [6.07, 6.45) is 23.5. The van der Waals surface area contributed by atoms with Gasteiger partial charge in [0, 0.05) is 49.4 Å². The van der Waals surface area contributed by atoms with E-state index in [0.717, 1.165) is 199 Å². The smallest absolute Gasteiger partial charge is 0.343 e. The maximum atomic E-state index is 13.1. The fraction of sp³-hybridized carbons (Fsp3) is 0.659. The third kappa shape index (κ3) is 19.9. The van der Waals surface area contributed by atoms with Crippen LogP contribution in [0.25, 0.3) is 0 Å². The van der Waals surface area contributed by atoms with Gasteiger partial charge in [-0.25, -0.2) is 19.2 Å². The highest BCUT2D eigenvalue weighted by molar-refractivity contribution is 5.84. The number of hydrogen-bond donors (Lipinski definition) is 4. The molecule has 12 rings (SSSR count). The fourth-order valence-electron chi connectivity index (χ4n) is 17.2. The van der Waals surface area contributed by atoms with Gasteiger partial charge in [-0.05, 0) is 73.6 Å². The summed E-state index contributed by atoms with van der Waals surface area (Å²) in [5.74, 6) is -2.01. The van der Waals surface area contributed by atoms with Crippen LogP contribution in [0.2, 0.25) is 0 Å². The molecule has 0 amide bonds. The number of nitrogens with zero attached hydrogens (tertiary/aromatic N) is 4. The highest BCUT2D eigenvalue weighted by Gasteiger charge is 2.53. The van der Waals surface area contributed by atoms with Gasteiger partial charge in [-0.2, -0.15) is 0 Å². The Hall–Kier alpha value is -5.56. The summed E-state index contributed by atoms with van der Waals surface area (Å²) in [5.41, 5.74) is -3.35. The predicted octanol–water partition coefficient (Wildman–Crippen LogP) is 12.7. The Morgan fingerprint density at radius 2 is 0.449 bits per heavy atom. The minimum absolute atomic E-state index is 0. The van der Waals surface area contributed by atoms with Crippen LogP contribution < -0.4 is 0 Å². The Kier molecular flexibility index (Phi) is 28.4. The minimum Gasteiger partial charge on any atom is -0.454 e. The lowest BCUT2D eigenvalue weighted by atomic mass is 9.73. The summed E-state index contributed by atoms with van der Waals surface area (Å²) >= 11 is 0. The van der Waals surface area contributed by atoms with E-state index in [0.29, 0.717) is 22.3 Å². The van der Waals surface area contributed by atoms with Crippen LogP contribution in [0.4, 0.5) is 0 Å². The van der Waals surface area contributed by atoms with Crippen LogP contribution in [0.3, 0.4) is 0 Å². The molecule has 8 fully saturated rings. The number of carbonyl (C=O) groups is 4. The number of quaternary nitrogens is 4. The maximum absolute atomic E-state index is 13.1. The van der Waals surface area contributed by atoms with Crippen molar-refractivity contribution < 1.29 is 76.5 Å². The second-order valence-electron chi connectivity index (χ2n) is 32.5. The predicted molar refractivity (Wildman–Crippen MR) is 386 cm³/mol. The number of benzene rings is 4. The first-order valence-electron chi connectivity index (χ1n) is 36.9. The third-order valence-electron chi connectivity index (χ3n) is 23.0. The van der Waals surface area contributed by atoms with Crippen molar-refractivity contribution in [2.75, 3.05) is 109 Å². The summed E-state index contributed by atoms with van der Waals surface area (Å²) in [5, 5.41) is 45.9. The molecule has 0 aromatic heterocycles. The molecule has 98 heavy (non-hydrogen) atoms. The molecule has 4 N–H and O–H groups in total. The lowest BCUT2D eigenvalue weighted by Gasteiger charge is -2.37. The van der Waals surface area contributed by atoms with Gasteiger partial charge in [0.15, 0.2) is 46.8 Å². The first kappa shape index (κ1) is 79.8. The third-order valence-corrected chi connectivity index (χ3v) is 23.0. The molecular formula is C82H128N4O12+4. The SMILES string of the molecule is C.C.C[N+]1(C)CCC(OC(=O)[C@@](O)(c2ccccc2)C2CCCCC2)C1.C[N+]1(C)CCC(OC(=O)[C@@](O)(c2ccccc2)C2CCCCC2)C1.C[N+]1(C)CCC(OC(=O)[C@](O)(c2ccccc2)C2CCCCC2)C1.C[N+]1(C)CCC(OC(=O)[C@](O)(c2ccccc2)C2CCCCC2)C1. The van der Waals surface area contributed by atoms with Gasteiger partial charge in [0.2, 0.25) is 0 Å². The number of aliphatic hydroxyl groups is 4. The second kappa shape index (κ2) is 34.9. The zero-order chi connectivity index (χ0) is 68.8. The topological polar surface area (TPSA) is 186 Å². The number of esters is 4. The van der Waals surface area contributed by atoms with E-state index in [4.69, 9.17) is 18.9 Å². The monoisotopic (exact) mass is 1360 g/mol. The Morgan fingerprint density at radius 1 is 0.286 bits per heavy atom. The standard InChI is InChI=1S/4C20H30NO3.2CH4/c4*1-21(2)14-13-18(15-21)24-19(22)20(23,16-9-5-3-6-10-16)17-11-7-4-8-12-17;;/h4*3,5-6,9-10,17-18,23H,4,7-8,11-15H2,1-2H3;2*1H4/q4*+1;;/t4*18?,20-;;/m1100../s1. The Morgan fingerprint density at radius 3 is 0.592 bits per heavy atom. The molecule has 4 aromatic rings. The number of hydrogen-bond acceptors (Lipinski definition) is 12. The van der Waals surface area contributed by atoms with Crippen molar-refractivity contribution >= 4 is 23.9 Å². The van der Waals surface area contributed by atoms with E-state index >= 15 is 0 Å². The minimum atomic E-state index is -1.51. The molecule has 0 spiro atoms. The fourth-order valence-corrected chi connectivity index (χ4v) is 17.2. The van der Waals surface area contributed by atoms with Gasteiger partial charge in [0.05, 0.1) is 82.6 Å². The normalized spacial score (nSPS) is 26.2. The molecule has 4 aliphatic heterocycles. The van der Waals surface area contributed by atoms with E-state index in [9.17, 15) is 39.6 Å². The molecule has 4 aliphatic carbocycles. The van der Waals surface area contributed by atoms with Crippen molar-refractivity contribution in [3.63, 3.8) is 0 Å². The zero-order valence-corrected chi connectivity index (χ0v) is 59.6. The molecule has 4 unspecified atom stereocenters. The molecule has 4 saturated heterocycles. The van der Waals surface area contributed by atoms with Gasteiger partial charge in [0.1, 0.15) is 26.2 Å². The van der Waals surface area contributed by atoms with Crippen LogP contribution in [-0.4, -0.2) is 195 Å². The van der Waals surface area contributed by atoms with E-state index in [2.05, 4.69) is 56.4 Å². The van der Waals surface area contributed by atoms with Crippen molar-refractivity contribution in [2.24, 2.45) is 23.7 Å². The first-order chi connectivity index (χ1) is 45.7. The van der Waals surface area contributed by atoms with E-state index < -0.39 is 46.3 Å². The molecular weight excluding hydrogens is 1230 g/mol. The van der Waals surface area contributed by atoms with E-state index in [1.165, 1.54) is 25.7 Å². The second-order valence-corrected chi connectivity index (χ2v) is 32.5. The van der Waals surface area contributed by atoms with Gasteiger partial charge < -0.3 is 57.3 Å². The van der Waals surface area contributed by atoms with Crippen molar-refractivity contribution in [1.82, 2.24) is 0 Å². The zero-order valence-electron chi connectivity index (χ0n) is 59.6. The van der Waals surface area contributed by atoms with Crippen LogP contribution in [0.1, 0.15) is 191 Å². The summed E-state index contributed by atoms with van der Waals surface area (Å²) in [6.45, 7) is 7.30. The molecule has 16 heteroatoms. The van der Waals surface area contributed by atoms with Crippen LogP contribution >= 0.6 is 0 Å². The Bertz CT molecular complexity index is 2680. The average molecular weight is 1360 g/mol. The van der Waals surface area contributed by atoms with Crippen molar-refractivity contribution in [3.05, 3.63) is 144 Å². The molecule has 4 heterocycles. The van der Waals surface area contributed by atoms with Gasteiger partial charge in [-0.1, -0.05) is 213 Å². The number of ether oxygens (including phenoxy) is 4. The van der Waals surface area contributed by atoms with Gasteiger partial charge in [-0.15, -0.1) is 0 Å². The van der Waals surface area contributed by atoms with Crippen LogP contribution in [0.5, 0.6) is 0 Å². The van der Waals surface area contributed by atoms with Crippen molar-refractivity contribution in [2.45, 2.75) is 216 Å². The number of likely N-dealkylation sites (tertiary alicyclic amines) is 4. The quantitative estimate of drug-likeness (QED) is 0.0473. The summed E-state index contributed by atoms with van der Waals surface area (Å²) in [4.78, 5) is 52.2. The largest absolute Gasteiger partial charge is 0.454 e. The van der Waals surface area contributed by atoms with E-state index in [1.54, 1.807) is 0 Å². The molecule has 0 bridgehead atoms. The van der Waals surface area contributed by atoms with Gasteiger partial charge >= 0.3 is 23.9 Å². The van der Waals surface area contributed by atoms with Gasteiger partial charge in [-0.3, -0.25) is 0 Å². The molecule has 4 aromatic carbocycles. The van der Waals surface area contributed by atoms with Crippen LogP contribution in [-0.2, 0) is 60.5 Å². The molecule has 8 aliphatic rings. The molecule has 4 saturated carbocycles. The van der Waals surface area contributed by atoms with Crippen molar-refractivity contribution in [1.29, 1.82) is 0 Å². The number of carbonyl (C=O) groups excluding carboxylic acids is 4. The lowest BCUT2D eigenvalue weighted by molar-refractivity contribution is -0.879. The first-order valence-corrected chi connectivity index (χ1v) is 36.9. The number of likely N-dealkylation sites (N-methyl/N-ethyl adjacent to an activating group) is 4. The average Bonchev–Trinajstić information content (AvgIpc) is 0.989. The maximum Gasteiger partial charge on any atom is 0.343 e. The summed E-state index contributed by atoms with van der Waals surface area (Å²) in [6, 6.07) is 37.5. The molecule has 8 atom stereocenters. The molecule has 544 valence electrons. The Balaban J connectivity index is 0.000000183. The highest BCUT2D eigenvalue weighted by atomic mass is 16.6. The number of rotatable bonds is 16. The Labute approximate surface area is 589 Å². The van der Waals surface area contributed by atoms with E-state index in [1.807, 2.05) is 121 Å². The molecule has 0 radical (unpaired) electrons.